The quantitative estimate of drug-likeness (QED) is 0.894. The lowest BCUT2D eigenvalue weighted by Gasteiger charge is -2.35. The normalized spacial score (nSPS) is 21.3. The van der Waals surface area contributed by atoms with Crippen LogP contribution >= 0.6 is 0 Å². The molecule has 0 atom stereocenters. The van der Waals surface area contributed by atoms with Gasteiger partial charge in [-0.25, -0.2) is 9.97 Å². The predicted molar refractivity (Wildman–Crippen MR) is 93.0 cm³/mol. The van der Waals surface area contributed by atoms with Crippen molar-refractivity contribution in [2.75, 3.05) is 57.2 Å². The lowest BCUT2D eigenvalue weighted by Crippen LogP contribution is -2.42. The molecule has 0 aliphatic carbocycles. The van der Waals surface area contributed by atoms with Gasteiger partial charge in [0.2, 0.25) is 0 Å². The second-order valence-electron chi connectivity index (χ2n) is 6.93. The Bertz CT molecular complexity index is 482. The zero-order valence-corrected chi connectivity index (χ0v) is 14.4. The van der Waals surface area contributed by atoms with E-state index in [9.17, 15) is 0 Å². The molecular weight excluding hydrogens is 290 g/mol. The van der Waals surface area contributed by atoms with Gasteiger partial charge in [0, 0.05) is 59.1 Å². The molecule has 6 nitrogen and oxygen atoms in total. The highest BCUT2D eigenvalue weighted by Gasteiger charge is 2.23. The van der Waals surface area contributed by atoms with E-state index in [1.165, 1.54) is 45.3 Å². The molecular formula is C17H29N5O. The molecule has 1 N–H and O–H groups in total. The van der Waals surface area contributed by atoms with Crippen LogP contribution in [0.1, 0.15) is 25.7 Å². The van der Waals surface area contributed by atoms with Gasteiger partial charge in [-0.15, -0.1) is 0 Å². The van der Waals surface area contributed by atoms with Crippen molar-refractivity contribution < 1.29 is 4.74 Å². The van der Waals surface area contributed by atoms with Crippen LogP contribution in [-0.4, -0.2) is 67.9 Å². The summed E-state index contributed by atoms with van der Waals surface area (Å²) in [5.41, 5.74) is 0. The number of nitrogens with one attached hydrogen (secondary N) is 1. The van der Waals surface area contributed by atoms with Gasteiger partial charge in [0.05, 0.1) is 0 Å². The summed E-state index contributed by atoms with van der Waals surface area (Å²) in [5, 5.41) is 3.58. The number of hydrogen-bond donors (Lipinski definition) is 1. The molecule has 0 radical (unpaired) electrons. The molecule has 2 aliphatic heterocycles. The lowest BCUT2D eigenvalue weighted by atomic mass is 9.97. The van der Waals surface area contributed by atoms with E-state index >= 15 is 0 Å². The zero-order valence-electron chi connectivity index (χ0n) is 14.4. The van der Waals surface area contributed by atoms with E-state index in [4.69, 9.17) is 4.74 Å². The van der Waals surface area contributed by atoms with Crippen molar-refractivity contribution in [1.82, 2.24) is 14.9 Å². The minimum absolute atomic E-state index is 0.519. The first-order valence-corrected chi connectivity index (χ1v) is 8.76. The van der Waals surface area contributed by atoms with Crippen LogP contribution in [0.4, 0.5) is 11.6 Å². The maximum absolute atomic E-state index is 5.45. The first kappa shape index (κ1) is 16.5. The van der Waals surface area contributed by atoms with Crippen molar-refractivity contribution in [2.24, 2.45) is 5.92 Å². The van der Waals surface area contributed by atoms with Gasteiger partial charge in [0.1, 0.15) is 18.0 Å². The van der Waals surface area contributed by atoms with E-state index in [2.05, 4.69) is 20.2 Å². The second kappa shape index (κ2) is 7.93. The van der Waals surface area contributed by atoms with Crippen molar-refractivity contribution in [2.45, 2.75) is 31.7 Å². The third-order valence-corrected chi connectivity index (χ3v) is 4.91. The molecule has 1 aromatic heterocycles. The summed E-state index contributed by atoms with van der Waals surface area (Å²) >= 11 is 0. The van der Waals surface area contributed by atoms with Gasteiger partial charge in [-0.05, 0) is 31.6 Å². The maximum atomic E-state index is 5.45. The van der Waals surface area contributed by atoms with Crippen LogP contribution in [0.15, 0.2) is 12.4 Å². The summed E-state index contributed by atoms with van der Waals surface area (Å²) in [6.45, 7) is 5.50. The largest absolute Gasteiger partial charge is 0.381 e. The van der Waals surface area contributed by atoms with Gasteiger partial charge in [0.25, 0.3) is 0 Å². The van der Waals surface area contributed by atoms with Crippen molar-refractivity contribution in [3.63, 3.8) is 0 Å². The van der Waals surface area contributed by atoms with E-state index in [1.54, 1.807) is 6.33 Å². The van der Waals surface area contributed by atoms with Crippen LogP contribution in [0.25, 0.3) is 0 Å². The SMILES string of the molecule is CN(C)c1cc(NC2CCN(CC3CCOCC3)CC2)ncn1. The number of anilines is 2. The number of rotatable bonds is 5. The van der Waals surface area contributed by atoms with Crippen LogP contribution in [0, 0.1) is 5.92 Å². The molecule has 1 aromatic rings. The van der Waals surface area contributed by atoms with Gasteiger partial charge in [-0.1, -0.05) is 0 Å². The third kappa shape index (κ3) is 4.78. The van der Waals surface area contributed by atoms with E-state index in [1.807, 2.05) is 25.1 Å². The second-order valence-corrected chi connectivity index (χ2v) is 6.93. The number of ether oxygens (including phenoxy) is 1. The van der Waals surface area contributed by atoms with Gasteiger partial charge < -0.3 is 19.9 Å². The number of hydrogen-bond acceptors (Lipinski definition) is 6. The van der Waals surface area contributed by atoms with Crippen molar-refractivity contribution >= 4 is 11.6 Å². The van der Waals surface area contributed by atoms with Crippen molar-refractivity contribution in [3.05, 3.63) is 12.4 Å². The van der Waals surface area contributed by atoms with Crippen LogP contribution < -0.4 is 10.2 Å². The van der Waals surface area contributed by atoms with Crippen molar-refractivity contribution in [3.8, 4) is 0 Å². The lowest BCUT2D eigenvalue weighted by molar-refractivity contribution is 0.0492. The van der Waals surface area contributed by atoms with Crippen LogP contribution in [0.3, 0.4) is 0 Å². The van der Waals surface area contributed by atoms with Crippen LogP contribution in [0.2, 0.25) is 0 Å². The minimum atomic E-state index is 0.519. The Morgan fingerprint density at radius 2 is 1.91 bits per heavy atom. The fourth-order valence-corrected chi connectivity index (χ4v) is 3.43. The maximum Gasteiger partial charge on any atom is 0.133 e. The fourth-order valence-electron chi connectivity index (χ4n) is 3.43. The zero-order chi connectivity index (χ0) is 16.1. The Balaban J connectivity index is 1.44. The summed E-state index contributed by atoms with van der Waals surface area (Å²) in [4.78, 5) is 13.2. The fraction of sp³-hybridized carbons (Fsp3) is 0.765. The molecule has 0 amide bonds. The summed E-state index contributed by atoms with van der Waals surface area (Å²) in [6, 6.07) is 2.54. The molecule has 128 valence electrons. The monoisotopic (exact) mass is 319 g/mol. The van der Waals surface area contributed by atoms with Gasteiger partial charge in [0.15, 0.2) is 0 Å². The van der Waals surface area contributed by atoms with Crippen LogP contribution in [0.5, 0.6) is 0 Å². The highest BCUT2D eigenvalue weighted by molar-refractivity contribution is 5.47. The molecule has 2 fully saturated rings. The molecule has 3 rings (SSSR count). The Hall–Kier alpha value is -1.40. The molecule has 0 aromatic carbocycles. The van der Waals surface area contributed by atoms with Crippen molar-refractivity contribution in [1.29, 1.82) is 0 Å². The Labute approximate surface area is 139 Å². The molecule has 23 heavy (non-hydrogen) atoms. The molecule has 2 saturated heterocycles. The summed E-state index contributed by atoms with van der Waals surface area (Å²) < 4.78 is 5.45. The molecule has 0 unspecified atom stereocenters. The topological polar surface area (TPSA) is 53.5 Å². The molecule has 3 heterocycles. The molecule has 6 heteroatoms. The number of aromatic nitrogens is 2. The molecule has 0 saturated carbocycles. The average molecular weight is 319 g/mol. The predicted octanol–water partition coefficient (Wildman–Crippen LogP) is 1.85. The summed E-state index contributed by atoms with van der Waals surface area (Å²) in [7, 11) is 4.00. The summed E-state index contributed by atoms with van der Waals surface area (Å²) in [6.07, 6.45) is 6.46. The van der Waals surface area contributed by atoms with E-state index in [0.29, 0.717) is 6.04 Å². The van der Waals surface area contributed by atoms with Gasteiger partial charge in [-0.2, -0.15) is 0 Å². The molecule has 0 bridgehead atoms. The van der Waals surface area contributed by atoms with Crippen LogP contribution in [-0.2, 0) is 4.74 Å². The van der Waals surface area contributed by atoms with E-state index < -0.39 is 0 Å². The number of piperidine rings is 1. The third-order valence-electron chi connectivity index (χ3n) is 4.91. The smallest absolute Gasteiger partial charge is 0.133 e. The molecule has 0 spiro atoms. The Kier molecular flexibility index (Phi) is 5.67. The number of nitrogens with zero attached hydrogens (tertiary/aromatic N) is 4. The Morgan fingerprint density at radius 3 is 2.61 bits per heavy atom. The number of likely N-dealkylation sites (tertiary alicyclic amines) is 1. The first-order valence-electron chi connectivity index (χ1n) is 8.76. The average Bonchev–Trinajstić information content (AvgIpc) is 2.58. The summed E-state index contributed by atoms with van der Waals surface area (Å²) in [5.74, 6) is 2.71. The van der Waals surface area contributed by atoms with E-state index in [0.717, 1.165) is 30.8 Å². The van der Waals surface area contributed by atoms with E-state index in [-0.39, 0.29) is 0 Å². The van der Waals surface area contributed by atoms with Gasteiger partial charge >= 0.3 is 0 Å². The highest BCUT2D eigenvalue weighted by Crippen LogP contribution is 2.21. The first-order chi connectivity index (χ1) is 11.2. The highest BCUT2D eigenvalue weighted by atomic mass is 16.5. The Morgan fingerprint density at radius 1 is 1.17 bits per heavy atom. The van der Waals surface area contributed by atoms with Gasteiger partial charge in [-0.3, -0.25) is 0 Å². The minimum Gasteiger partial charge on any atom is -0.381 e. The standard InChI is InChI=1S/C17H29N5O/c1-21(2)17-11-16(18-13-19-17)20-15-3-7-22(8-4-15)12-14-5-9-23-10-6-14/h11,13-15H,3-10,12H2,1-2H3,(H,18,19,20). The molecule has 2 aliphatic rings.